The van der Waals surface area contributed by atoms with Gasteiger partial charge in [0.05, 0.1) is 22.8 Å². The molecule has 0 saturated carbocycles. The first-order valence-electron chi connectivity index (χ1n) is 9.43. The second-order valence-corrected chi connectivity index (χ2v) is 8.63. The van der Waals surface area contributed by atoms with E-state index in [-0.39, 0.29) is 17.1 Å². The summed E-state index contributed by atoms with van der Waals surface area (Å²) in [5, 5.41) is 0.183. The maximum Gasteiger partial charge on any atom is 0.272 e. The average Bonchev–Trinajstić information content (AvgIpc) is 2.88. The normalized spacial score (nSPS) is 14.4. The van der Waals surface area contributed by atoms with Gasteiger partial charge >= 0.3 is 0 Å². The second kappa shape index (κ2) is 8.23. The van der Waals surface area contributed by atoms with Crippen molar-refractivity contribution in [2.75, 3.05) is 11.5 Å². The van der Waals surface area contributed by atoms with Gasteiger partial charge in [-0.15, -0.1) is 11.8 Å². The van der Waals surface area contributed by atoms with Gasteiger partial charge in [0.2, 0.25) is 0 Å². The highest BCUT2D eigenvalue weighted by molar-refractivity contribution is 8.04. The zero-order chi connectivity index (χ0) is 20.4. The van der Waals surface area contributed by atoms with Gasteiger partial charge in [-0.25, -0.2) is 4.90 Å². The molecule has 146 valence electrons. The Kier molecular flexibility index (Phi) is 5.94. The van der Waals surface area contributed by atoms with Crippen molar-refractivity contribution < 1.29 is 14.3 Å². The van der Waals surface area contributed by atoms with E-state index in [4.69, 9.17) is 4.74 Å². The zero-order valence-corrected chi connectivity index (χ0v) is 17.7. The molecule has 1 aliphatic rings. The van der Waals surface area contributed by atoms with Gasteiger partial charge in [0.1, 0.15) is 5.75 Å². The fourth-order valence-electron chi connectivity index (χ4n) is 3.12. The van der Waals surface area contributed by atoms with E-state index in [1.165, 1.54) is 16.7 Å². The first kappa shape index (κ1) is 20.2. The number of aryl methyl sites for hydroxylation is 2. The maximum atomic E-state index is 13.4. The van der Waals surface area contributed by atoms with Gasteiger partial charge in [-0.1, -0.05) is 38.1 Å². The van der Waals surface area contributed by atoms with E-state index in [0.717, 1.165) is 16.7 Å². The zero-order valence-electron chi connectivity index (χ0n) is 16.9. The Labute approximate surface area is 170 Å². The van der Waals surface area contributed by atoms with Gasteiger partial charge in [0.25, 0.3) is 11.8 Å². The third kappa shape index (κ3) is 3.85. The highest BCUT2D eigenvalue weighted by Gasteiger charge is 2.40. The topological polar surface area (TPSA) is 46.6 Å². The van der Waals surface area contributed by atoms with Crippen molar-refractivity contribution in [2.45, 2.75) is 39.9 Å². The molecule has 0 radical (unpaired) electrons. The Bertz CT molecular complexity index is 962. The summed E-state index contributed by atoms with van der Waals surface area (Å²) in [6.07, 6.45) is 0. The largest absolute Gasteiger partial charge is 0.494 e. The van der Waals surface area contributed by atoms with E-state index in [0.29, 0.717) is 28.5 Å². The molecule has 0 aromatic heterocycles. The predicted molar refractivity (Wildman–Crippen MR) is 116 cm³/mol. The number of rotatable bonds is 6. The lowest BCUT2D eigenvalue weighted by molar-refractivity contribution is -0.119. The van der Waals surface area contributed by atoms with E-state index >= 15 is 0 Å². The van der Waals surface area contributed by atoms with Gasteiger partial charge in [-0.3, -0.25) is 9.59 Å². The van der Waals surface area contributed by atoms with E-state index < -0.39 is 0 Å². The number of nitrogens with zero attached hydrogens (tertiary/aromatic N) is 1. The molecule has 0 fully saturated rings. The number of hydrogen-bond acceptors (Lipinski definition) is 4. The standard InChI is InChI=1S/C23H25NO3S/c1-6-27-19-9-7-8-18(13-19)24-22(25)20(21(23(24)26)28-14(2)3)17-11-10-15(4)16(5)12-17/h7-14H,6H2,1-5H3. The minimum absolute atomic E-state index is 0.183. The summed E-state index contributed by atoms with van der Waals surface area (Å²) in [4.78, 5) is 28.4. The van der Waals surface area contributed by atoms with Crippen LogP contribution in [0.3, 0.4) is 0 Å². The third-order valence-corrected chi connectivity index (χ3v) is 5.66. The number of benzene rings is 2. The van der Waals surface area contributed by atoms with Gasteiger partial charge in [0, 0.05) is 11.3 Å². The molecule has 1 heterocycles. The van der Waals surface area contributed by atoms with Crippen molar-refractivity contribution in [2.24, 2.45) is 0 Å². The molecule has 0 atom stereocenters. The average molecular weight is 396 g/mol. The van der Waals surface area contributed by atoms with Gasteiger partial charge in [-0.05, 0) is 49.6 Å². The lowest BCUT2D eigenvalue weighted by Crippen LogP contribution is -2.31. The molecule has 0 N–H and O–H groups in total. The number of imide groups is 1. The van der Waals surface area contributed by atoms with Crippen molar-refractivity contribution in [1.29, 1.82) is 0 Å². The molecule has 1 aliphatic heterocycles. The quantitative estimate of drug-likeness (QED) is 0.636. The Balaban J connectivity index is 2.09. The molecule has 0 unspecified atom stereocenters. The van der Waals surface area contributed by atoms with Crippen LogP contribution >= 0.6 is 11.8 Å². The minimum atomic E-state index is -0.287. The first-order valence-corrected chi connectivity index (χ1v) is 10.3. The van der Waals surface area contributed by atoms with Crippen molar-refractivity contribution >= 4 is 34.8 Å². The summed E-state index contributed by atoms with van der Waals surface area (Å²) in [6.45, 7) is 10.5. The van der Waals surface area contributed by atoms with E-state index in [1.807, 2.05) is 58.9 Å². The first-order chi connectivity index (χ1) is 13.3. The molecule has 0 aliphatic carbocycles. The fourth-order valence-corrected chi connectivity index (χ4v) is 4.11. The fraction of sp³-hybridized carbons (Fsp3) is 0.304. The molecular formula is C23H25NO3S. The molecule has 28 heavy (non-hydrogen) atoms. The van der Waals surface area contributed by atoms with Crippen LogP contribution in [0.5, 0.6) is 5.75 Å². The Morgan fingerprint density at radius 1 is 1.00 bits per heavy atom. The predicted octanol–water partition coefficient (Wildman–Crippen LogP) is 5.13. The SMILES string of the molecule is CCOc1cccc(N2C(=O)C(SC(C)C)=C(c3ccc(C)c(C)c3)C2=O)c1. The van der Waals surface area contributed by atoms with Crippen LogP contribution in [0.1, 0.15) is 37.5 Å². The maximum absolute atomic E-state index is 13.4. The third-order valence-electron chi connectivity index (χ3n) is 4.58. The number of carbonyl (C=O) groups excluding carboxylic acids is 2. The summed E-state index contributed by atoms with van der Waals surface area (Å²) >= 11 is 1.44. The lowest BCUT2D eigenvalue weighted by Gasteiger charge is -2.16. The van der Waals surface area contributed by atoms with Crippen molar-refractivity contribution in [3.05, 3.63) is 64.1 Å². The molecule has 2 aromatic rings. The van der Waals surface area contributed by atoms with Crippen LogP contribution in [-0.2, 0) is 9.59 Å². The number of hydrogen-bond donors (Lipinski definition) is 0. The van der Waals surface area contributed by atoms with Crippen LogP contribution in [-0.4, -0.2) is 23.7 Å². The molecule has 2 aromatic carbocycles. The van der Waals surface area contributed by atoms with Crippen LogP contribution in [0.15, 0.2) is 47.4 Å². The Morgan fingerprint density at radius 2 is 1.75 bits per heavy atom. The van der Waals surface area contributed by atoms with Gasteiger partial charge in [0.15, 0.2) is 0 Å². The Hall–Kier alpha value is -2.53. The van der Waals surface area contributed by atoms with Gasteiger partial charge < -0.3 is 4.74 Å². The molecule has 4 nitrogen and oxygen atoms in total. The lowest BCUT2D eigenvalue weighted by atomic mass is 10.0. The second-order valence-electron chi connectivity index (χ2n) is 7.05. The van der Waals surface area contributed by atoms with Crippen LogP contribution in [0.25, 0.3) is 5.57 Å². The summed E-state index contributed by atoms with van der Waals surface area (Å²) in [7, 11) is 0. The summed E-state index contributed by atoms with van der Waals surface area (Å²) < 4.78 is 5.54. The van der Waals surface area contributed by atoms with E-state index in [9.17, 15) is 9.59 Å². The van der Waals surface area contributed by atoms with E-state index in [1.54, 1.807) is 18.2 Å². The number of anilines is 1. The van der Waals surface area contributed by atoms with Crippen LogP contribution in [0.4, 0.5) is 5.69 Å². The van der Waals surface area contributed by atoms with Crippen molar-refractivity contribution in [1.82, 2.24) is 0 Å². The number of carbonyl (C=O) groups is 2. The number of ether oxygens (including phenoxy) is 1. The smallest absolute Gasteiger partial charge is 0.272 e. The molecule has 2 amide bonds. The Morgan fingerprint density at radius 3 is 2.39 bits per heavy atom. The summed E-state index contributed by atoms with van der Waals surface area (Å²) in [5.74, 6) is 0.0777. The van der Waals surface area contributed by atoms with Crippen LogP contribution < -0.4 is 9.64 Å². The van der Waals surface area contributed by atoms with Crippen LogP contribution in [0.2, 0.25) is 0 Å². The molecular weight excluding hydrogens is 370 g/mol. The van der Waals surface area contributed by atoms with Crippen molar-refractivity contribution in [3.63, 3.8) is 0 Å². The van der Waals surface area contributed by atoms with E-state index in [2.05, 4.69) is 0 Å². The number of thioether (sulfide) groups is 1. The molecule has 0 spiro atoms. The van der Waals surface area contributed by atoms with Crippen molar-refractivity contribution in [3.8, 4) is 5.75 Å². The minimum Gasteiger partial charge on any atom is -0.494 e. The highest BCUT2D eigenvalue weighted by atomic mass is 32.2. The molecule has 5 heteroatoms. The van der Waals surface area contributed by atoms with Gasteiger partial charge in [-0.2, -0.15) is 0 Å². The monoisotopic (exact) mass is 395 g/mol. The molecule has 0 saturated heterocycles. The summed E-state index contributed by atoms with van der Waals surface area (Å²) in [5.41, 5.74) is 4.04. The summed E-state index contributed by atoms with van der Waals surface area (Å²) in [6, 6.07) is 13.0. The molecule has 0 bridgehead atoms. The highest BCUT2D eigenvalue weighted by Crippen LogP contribution is 2.40. The van der Waals surface area contributed by atoms with Crippen LogP contribution in [0, 0.1) is 13.8 Å². The number of amides is 2. The molecule has 3 rings (SSSR count).